The van der Waals surface area contributed by atoms with Crippen molar-refractivity contribution < 1.29 is 18.4 Å². The summed E-state index contributed by atoms with van der Waals surface area (Å²) in [6.45, 7) is 0.839. The second kappa shape index (κ2) is 7.21. The highest BCUT2D eigenvalue weighted by Gasteiger charge is 2.42. The van der Waals surface area contributed by atoms with E-state index in [0.29, 0.717) is 11.4 Å². The van der Waals surface area contributed by atoms with Crippen LogP contribution in [-0.4, -0.2) is 30.3 Å². The highest BCUT2D eigenvalue weighted by Crippen LogP contribution is 2.28. The van der Waals surface area contributed by atoms with Crippen molar-refractivity contribution in [1.29, 1.82) is 0 Å². The second-order valence-corrected chi connectivity index (χ2v) is 5.27. The van der Waals surface area contributed by atoms with Crippen molar-refractivity contribution in [3.63, 3.8) is 0 Å². The molecule has 1 heterocycles. The predicted molar refractivity (Wildman–Crippen MR) is 83.0 cm³/mol. The summed E-state index contributed by atoms with van der Waals surface area (Å²) >= 11 is 5.96. The molecule has 1 aliphatic heterocycles. The van der Waals surface area contributed by atoms with E-state index in [2.05, 4.69) is 16.0 Å². The van der Waals surface area contributed by atoms with Gasteiger partial charge in [0.2, 0.25) is 11.8 Å². The maximum absolute atomic E-state index is 13.0. The van der Waals surface area contributed by atoms with Gasteiger partial charge in [-0.25, -0.2) is 8.78 Å². The van der Waals surface area contributed by atoms with Crippen LogP contribution in [0.3, 0.4) is 0 Å². The Morgan fingerprint density at radius 2 is 2.05 bits per heavy atom. The molecule has 2 amide bonds. The summed E-state index contributed by atoms with van der Waals surface area (Å²) in [7, 11) is 0. The van der Waals surface area contributed by atoms with E-state index in [1.165, 1.54) is 25.1 Å². The molecule has 1 aliphatic rings. The Labute approximate surface area is 137 Å². The van der Waals surface area contributed by atoms with Gasteiger partial charge in [0.1, 0.15) is 0 Å². The van der Waals surface area contributed by atoms with Gasteiger partial charge in [0.05, 0.1) is 23.3 Å². The van der Waals surface area contributed by atoms with Gasteiger partial charge in [-0.1, -0.05) is 11.6 Å². The molecule has 0 bridgehead atoms. The van der Waals surface area contributed by atoms with E-state index in [0.717, 1.165) is 0 Å². The molecule has 1 aromatic carbocycles. The molecule has 2 rings (SSSR count). The molecule has 0 spiro atoms. The second-order valence-electron chi connectivity index (χ2n) is 4.86. The first-order valence-corrected chi connectivity index (χ1v) is 6.64. The molecule has 0 aliphatic carbocycles. The fourth-order valence-corrected chi connectivity index (χ4v) is 2.24. The van der Waals surface area contributed by atoms with Gasteiger partial charge in [0.15, 0.2) is 0 Å². The van der Waals surface area contributed by atoms with Gasteiger partial charge in [0, 0.05) is 19.0 Å². The number of hydrogen-bond acceptors (Lipinski definition) is 3. The molecule has 1 atom stereocenters. The van der Waals surface area contributed by atoms with Gasteiger partial charge in [-0.15, -0.1) is 12.4 Å². The maximum atomic E-state index is 13.0. The number of halogens is 4. The Bertz CT molecular complexity index is 584. The standard InChI is InChI=1S/C13H14ClF2N3O2.ClH/c1-7(20)18-10-3-2-8(4-9(10)14)19-12(21)11-5-13(15,16)6-17-11;/h2-4,11,17H,5-6H2,1H3,(H,18,20)(H,19,21);1H. The Morgan fingerprint density at radius 1 is 1.36 bits per heavy atom. The van der Waals surface area contributed by atoms with Crippen LogP contribution in [0.25, 0.3) is 0 Å². The van der Waals surface area contributed by atoms with E-state index in [1.54, 1.807) is 0 Å². The van der Waals surface area contributed by atoms with E-state index < -0.39 is 30.8 Å². The largest absolute Gasteiger partial charge is 0.325 e. The van der Waals surface area contributed by atoms with Crippen LogP contribution in [0, 0.1) is 0 Å². The Morgan fingerprint density at radius 3 is 2.55 bits per heavy atom. The lowest BCUT2D eigenvalue weighted by atomic mass is 10.1. The minimum absolute atomic E-state index is 0. The van der Waals surface area contributed by atoms with Gasteiger partial charge >= 0.3 is 0 Å². The molecule has 1 saturated heterocycles. The number of anilines is 2. The summed E-state index contributed by atoms with van der Waals surface area (Å²) in [5.41, 5.74) is 0.781. The fraction of sp³-hybridized carbons (Fsp3) is 0.385. The molecule has 0 radical (unpaired) electrons. The zero-order valence-electron chi connectivity index (χ0n) is 11.6. The Kier molecular flexibility index (Phi) is 6.10. The number of carbonyl (C=O) groups excluding carboxylic acids is 2. The van der Waals surface area contributed by atoms with Gasteiger partial charge in [0.25, 0.3) is 5.92 Å². The lowest BCUT2D eigenvalue weighted by molar-refractivity contribution is -0.118. The van der Waals surface area contributed by atoms with Crippen LogP contribution in [0.5, 0.6) is 0 Å². The third-order valence-electron chi connectivity index (χ3n) is 2.97. The van der Waals surface area contributed by atoms with E-state index in [1.807, 2.05) is 0 Å². The molecule has 122 valence electrons. The summed E-state index contributed by atoms with van der Waals surface area (Å²) in [6, 6.07) is 3.56. The van der Waals surface area contributed by atoms with Crippen LogP contribution < -0.4 is 16.0 Å². The lowest BCUT2D eigenvalue weighted by Crippen LogP contribution is -2.35. The number of benzene rings is 1. The molecule has 1 aromatic rings. The number of hydrogen-bond donors (Lipinski definition) is 3. The zero-order chi connectivity index (χ0) is 15.6. The van der Waals surface area contributed by atoms with Crippen molar-refractivity contribution in [2.45, 2.75) is 25.3 Å². The molecule has 3 N–H and O–H groups in total. The van der Waals surface area contributed by atoms with Crippen molar-refractivity contribution >= 4 is 47.2 Å². The summed E-state index contributed by atoms with van der Waals surface area (Å²) in [6.07, 6.45) is -0.531. The van der Waals surface area contributed by atoms with Crippen molar-refractivity contribution in [3.8, 4) is 0 Å². The Hall–Kier alpha value is -1.44. The zero-order valence-corrected chi connectivity index (χ0v) is 13.2. The first-order chi connectivity index (χ1) is 9.77. The average Bonchev–Trinajstić information content (AvgIpc) is 2.73. The number of amides is 2. The minimum atomic E-state index is -2.87. The highest BCUT2D eigenvalue weighted by atomic mass is 35.5. The fourth-order valence-electron chi connectivity index (χ4n) is 2.01. The predicted octanol–water partition coefficient (Wildman–Crippen LogP) is 2.66. The number of alkyl halides is 2. The molecule has 0 aromatic heterocycles. The number of carbonyl (C=O) groups is 2. The third-order valence-corrected chi connectivity index (χ3v) is 3.29. The molecule has 5 nitrogen and oxygen atoms in total. The maximum Gasteiger partial charge on any atom is 0.262 e. The molecule has 1 unspecified atom stereocenters. The van der Waals surface area contributed by atoms with Crippen LogP contribution in [0.1, 0.15) is 13.3 Å². The van der Waals surface area contributed by atoms with Gasteiger partial charge in [-0.3, -0.25) is 14.9 Å². The van der Waals surface area contributed by atoms with Crippen molar-refractivity contribution in [2.75, 3.05) is 17.2 Å². The average molecular weight is 354 g/mol. The first kappa shape index (κ1) is 18.6. The first-order valence-electron chi connectivity index (χ1n) is 6.26. The van der Waals surface area contributed by atoms with Gasteiger partial charge in [-0.05, 0) is 18.2 Å². The number of rotatable bonds is 3. The van der Waals surface area contributed by atoms with E-state index in [-0.39, 0.29) is 23.3 Å². The highest BCUT2D eigenvalue weighted by molar-refractivity contribution is 6.34. The van der Waals surface area contributed by atoms with Crippen LogP contribution in [0.2, 0.25) is 5.02 Å². The topological polar surface area (TPSA) is 70.2 Å². The van der Waals surface area contributed by atoms with Gasteiger partial charge < -0.3 is 10.6 Å². The van der Waals surface area contributed by atoms with E-state index >= 15 is 0 Å². The normalized spacial score (nSPS) is 19.2. The van der Waals surface area contributed by atoms with E-state index in [9.17, 15) is 18.4 Å². The van der Waals surface area contributed by atoms with Crippen LogP contribution >= 0.6 is 24.0 Å². The van der Waals surface area contributed by atoms with Gasteiger partial charge in [-0.2, -0.15) is 0 Å². The van der Waals surface area contributed by atoms with Crippen molar-refractivity contribution in [1.82, 2.24) is 5.32 Å². The monoisotopic (exact) mass is 353 g/mol. The molecule has 1 fully saturated rings. The SMILES string of the molecule is CC(=O)Nc1ccc(NC(=O)C2CC(F)(F)CN2)cc1Cl.Cl. The lowest BCUT2D eigenvalue weighted by Gasteiger charge is -2.12. The summed E-state index contributed by atoms with van der Waals surface area (Å²) < 4.78 is 26.1. The van der Waals surface area contributed by atoms with E-state index in [4.69, 9.17) is 11.6 Å². The molecule has 0 saturated carbocycles. The van der Waals surface area contributed by atoms with Crippen molar-refractivity contribution in [2.24, 2.45) is 0 Å². The van der Waals surface area contributed by atoms with Crippen molar-refractivity contribution in [3.05, 3.63) is 23.2 Å². The number of nitrogens with one attached hydrogen (secondary N) is 3. The van der Waals surface area contributed by atoms with Crippen LogP contribution in [0.15, 0.2) is 18.2 Å². The summed E-state index contributed by atoms with van der Waals surface area (Å²) in [5.74, 6) is -3.68. The van der Waals surface area contributed by atoms with Crippen LogP contribution in [0.4, 0.5) is 20.2 Å². The smallest absolute Gasteiger partial charge is 0.262 e. The molecule has 9 heteroatoms. The quantitative estimate of drug-likeness (QED) is 0.782. The van der Waals surface area contributed by atoms with Crippen LogP contribution in [-0.2, 0) is 9.59 Å². The Balaban J connectivity index is 0.00000242. The third kappa shape index (κ3) is 4.79. The summed E-state index contributed by atoms with van der Waals surface area (Å²) in [5, 5.41) is 7.75. The molecular formula is C13H15Cl2F2N3O2. The molecular weight excluding hydrogens is 339 g/mol. The summed E-state index contributed by atoms with van der Waals surface area (Å²) in [4.78, 5) is 22.8. The minimum Gasteiger partial charge on any atom is -0.325 e. The molecule has 22 heavy (non-hydrogen) atoms.